The highest BCUT2D eigenvalue weighted by Gasteiger charge is 2.32. The van der Waals surface area contributed by atoms with Gasteiger partial charge in [-0.2, -0.15) is 0 Å². The highest BCUT2D eigenvalue weighted by atomic mass is 16.5. The van der Waals surface area contributed by atoms with Gasteiger partial charge in [0, 0.05) is 13.5 Å². The molecule has 0 aromatic heterocycles. The third kappa shape index (κ3) is 4.09. The van der Waals surface area contributed by atoms with Crippen LogP contribution in [0.15, 0.2) is 24.3 Å². The summed E-state index contributed by atoms with van der Waals surface area (Å²) >= 11 is 0. The lowest BCUT2D eigenvalue weighted by Gasteiger charge is -2.22. The van der Waals surface area contributed by atoms with Crippen molar-refractivity contribution in [1.29, 1.82) is 0 Å². The molecule has 1 atom stereocenters. The van der Waals surface area contributed by atoms with Crippen LogP contribution in [0.3, 0.4) is 0 Å². The number of para-hydroxylation sites is 1. The summed E-state index contributed by atoms with van der Waals surface area (Å²) in [6.45, 7) is 1.40. The molecule has 1 aliphatic heterocycles. The van der Waals surface area contributed by atoms with Crippen LogP contribution in [0.25, 0.3) is 0 Å². The van der Waals surface area contributed by atoms with Gasteiger partial charge in [-0.1, -0.05) is 12.1 Å². The molecule has 24 heavy (non-hydrogen) atoms. The molecule has 0 radical (unpaired) electrons. The number of nitrogens with two attached hydrogens (primary N) is 1. The van der Waals surface area contributed by atoms with Crippen molar-refractivity contribution in [2.75, 3.05) is 13.1 Å². The molecule has 1 saturated heterocycles. The maximum Gasteiger partial charge on any atom is 0.308 e. The molecular formula is C16H19N3O5. The third-order valence-electron chi connectivity index (χ3n) is 3.69. The van der Waals surface area contributed by atoms with E-state index < -0.39 is 23.8 Å². The van der Waals surface area contributed by atoms with E-state index >= 15 is 0 Å². The van der Waals surface area contributed by atoms with Crippen LogP contribution in [0.2, 0.25) is 0 Å². The standard InChI is InChI=1S/C16H19N3O5/c1-10(20)24-13-7-3-2-5-11(13)16(23)18-9-14(21)19-8-4-6-12(19)15(17)22/h2-3,5,7,12H,4,6,8-9H2,1H3,(H2,17,22)(H,18,23)/t12-/m0/s1. The van der Waals surface area contributed by atoms with Crippen LogP contribution in [0.4, 0.5) is 0 Å². The predicted octanol–water partition coefficient (Wildman–Crippen LogP) is -0.182. The molecule has 2 rings (SSSR count). The summed E-state index contributed by atoms with van der Waals surface area (Å²) in [4.78, 5) is 48.2. The summed E-state index contributed by atoms with van der Waals surface area (Å²) in [6.07, 6.45) is 1.23. The van der Waals surface area contributed by atoms with Gasteiger partial charge in [0.25, 0.3) is 5.91 Å². The first-order valence-corrected chi connectivity index (χ1v) is 7.54. The number of ether oxygens (including phenoxy) is 1. The fraction of sp³-hybridized carbons (Fsp3) is 0.375. The van der Waals surface area contributed by atoms with Crippen molar-refractivity contribution < 1.29 is 23.9 Å². The lowest BCUT2D eigenvalue weighted by atomic mass is 10.2. The van der Waals surface area contributed by atoms with Gasteiger partial charge in [0.1, 0.15) is 11.8 Å². The van der Waals surface area contributed by atoms with E-state index in [1.807, 2.05) is 0 Å². The quantitative estimate of drug-likeness (QED) is 0.572. The first-order valence-electron chi connectivity index (χ1n) is 7.54. The number of hydrogen-bond donors (Lipinski definition) is 2. The number of amides is 3. The van der Waals surface area contributed by atoms with E-state index in [0.29, 0.717) is 19.4 Å². The maximum absolute atomic E-state index is 12.2. The lowest BCUT2D eigenvalue weighted by molar-refractivity contribution is -0.136. The van der Waals surface area contributed by atoms with Crippen LogP contribution in [-0.2, 0) is 14.4 Å². The minimum atomic E-state index is -0.622. The summed E-state index contributed by atoms with van der Waals surface area (Å²) in [6, 6.07) is 5.60. The van der Waals surface area contributed by atoms with Crippen molar-refractivity contribution in [3.8, 4) is 5.75 Å². The summed E-state index contributed by atoms with van der Waals surface area (Å²) in [5.74, 6) is -1.91. The summed E-state index contributed by atoms with van der Waals surface area (Å²) in [5, 5.41) is 2.48. The predicted molar refractivity (Wildman–Crippen MR) is 84.0 cm³/mol. The summed E-state index contributed by atoms with van der Waals surface area (Å²) in [7, 11) is 0. The summed E-state index contributed by atoms with van der Waals surface area (Å²) < 4.78 is 4.97. The number of nitrogens with one attached hydrogen (secondary N) is 1. The minimum absolute atomic E-state index is 0.117. The van der Waals surface area contributed by atoms with Gasteiger partial charge in [0.2, 0.25) is 11.8 Å². The molecule has 8 heteroatoms. The normalized spacial score (nSPS) is 16.5. The Kier molecular flexibility index (Phi) is 5.51. The number of nitrogens with zero attached hydrogens (tertiary/aromatic N) is 1. The van der Waals surface area contributed by atoms with Gasteiger partial charge in [-0.05, 0) is 25.0 Å². The monoisotopic (exact) mass is 333 g/mol. The number of carbonyl (C=O) groups excluding carboxylic acids is 4. The van der Waals surface area contributed by atoms with Crippen molar-refractivity contribution in [2.24, 2.45) is 5.73 Å². The molecular weight excluding hydrogens is 314 g/mol. The van der Waals surface area contributed by atoms with Crippen molar-refractivity contribution >= 4 is 23.7 Å². The zero-order chi connectivity index (χ0) is 17.7. The van der Waals surface area contributed by atoms with E-state index in [2.05, 4.69) is 5.32 Å². The van der Waals surface area contributed by atoms with E-state index in [1.54, 1.807) is 12.1 Å². The van der Waals surface area contributed by atoms with Crippen LogP contribution in [0, 0.1) is 0 Å². The Bertz CT molecular complexity index is 673. The molecule has 0 spiro atoms. The van der Waals surface area contributed by atoms with Gasteiger partial charge < -0.3 is 20.7 Å². The number of rotatable bonds is 5. The van der Waals surface area contributed by atoms with Gasteiger partial charge >= 0.3 is 5.97 Å². The molecule has 0 bridgehead atoms. The second kappa shape index (κ2) is 7.58. The molecule has 1 aliphatic rings. The van der Waals surface area contributed by atoms with Gasteiger partial charge in [-0.3, -0.25) is 19.2 Å². The Labute approximate surface area is 138 Å². The number of benzene rings is 1. The van der Waals surface area contributed by atoms with Gasteiger partial charge in [0.05, 0.1) is 12.1 Å². The zero-order valence-electron chi connectivity index (χ0n) is 13.3. The number of hydrogen-bond acceptors (Lipinski definition) is 5. The Balaban J connectivity index is 1.99. The molecule has 0 unspecified atom stereocenters. The average molecular weight is 333 g/mol. The molecule has 0 saturated carbocycles. The smallest absolute Gasteiger partial charge is 0.308 e. The first-order chi connectivity index (χ1) is 11.4. The van der Waals surface area contributed by atoms with Crippen molar-refractivity contribution in [3.05, 3.63) is 29.8 Å². The Morgan fingerprint density at radius 1 is 1.29 bits per heavy atom. The molecule has 1 heterocycles. The van der Waals surface area contributed by atoms with Crippen molar-refractivity contribution in [1.82, 2.24) is 10.2 Å². The van der Waals surface area contributed by atoms with Crippen LogP contribution in [0.1, 0.15) is 30.1 Å². The lowest BCUT2D eigenvalue weighted by Crippen LogP contribution is -2.47. The highest BCUT2D eigenvalue weighted by Crippen LogP contribution is 2.19. The number of likely N-dealkylation sites (tertiary alicyclic amines) is 1. The minimum Gasteiger partial charge on any atom is -0.426 e. The molecule has 3 amide bonds. The van der Waals surface area contributed by atoms with E-state index in [9.17, 15) is 19.2 Å². The topological polar surface area (TPSA) is 119 Å². The number of esters is 1. The molecule has 1 aromatic carbocycles. The second-order valence-electron chi connectivity index (χ2n) is 5.42. The van der Waals surface area contributed by atoms with E-state index in [-0.39, 0.29) is 23.8 Å². The van der Waals surface area contributed by atoms with E-state index in [0.717, 1.165) is 0 Å². The number of carbonyl (C=O) groups is 4. The van der Waals surface area contributed by atoms with Crippen LogP contribution < -0.4 is 15.8 Å². The Morgan fingerprint density at radius 2 is 2.00 bits per heavy atom. The molecule has 128 valence electrons. The molecule has 1 aromatic rings. The van der Waals surface area contributed by atoms with Crippen LogP contribution in [-0.4, -0.2) is 47.7 Å². The third-order valence-corrected chi connectivity index (χ3v) is 3.69. The largest absolute Gasteiger partial charge is 0.426 e. The SMILES string of the molecule is CC(=O)Oc1ccccc1C(=O)NCC(=O)N1CCC[C@H]1C(N)=O. The highest BCUT2D eigenvalue weighted by molar-refractivity contribution is 5.99. The van der Waals surface area contributed by atoms with Crippen molar-refractivity contribution in [3.63, 3.8) is 0 Å². The van der Waals surface area contributed by atoms with E-state index in [1.165, 1.54) is 24.0 Å². The average Bonchev–Trinajstić information content (AvgIpc) is 3.02. The number of primary amides is 1. The van der Waals surface area contributed by atoms with Gasteiger partial charge in [-0.15, -0.1) is 0 Å². The molecule has 0 aliphatic carbocycles. The van der Waals surface area contributed by atoms with Gasteiger partial charge in [0.15, 0.2) is 0 Å². The fourth-order valence-corrected chi connectivity index (χ4v) is 2.61. The van der Waals surface area contributed by atoms with Crippen LogP contribution >= 0.6 is 0 Å². The maximum atomic E-state index is 12.2. The Hall–Kier alpha value is -2.90. The summed E-state index contributed by atoms with van der Waals surface area (Å²) in [5.41, 5.74) is 5.42. The fourth-order valence-electron chi connectivity index (χ4n) is 2.61. The Morgan fingerprint density at radius 3 is 2.67 bits per heavy atom. The van der Waals surface area contributed by atoms with E-state index in [4.69, 9.17) is 10.5 Å². The molecule has 1 fully saturated rings. The first kappa shape index (κ1) is 17.5. The van der Waals surface area contributed by atoms with Crippen molar-refractivity contribution in [2.45, 2.75) is 25.8 Å². The molecule has 3 N–H and O–H groups in total. The zero-order valence-corrected chi connectivity index (χ0v) is 13.3. The second-order valence-corrected chi connectivity index (χ2v) is 5.42. The van der Waals surface area contributed by atoms with Gasteiger partial charge in [-0.25, -0.2) is 0 Å². The van der Waals surface area contributed by atoms with Crippen LogP contribution in [0.5, 0.6) is 5.75 Å². The molecule has 8 nitrogen and oxygen atoms in total.